The summed E-state index contributed by atoms with van der Waals surface area (Å²) in [7, 11) is 1.58. The van der Waals surface area contributed by atoms with Crippen LogP contribution in [0.4, 0.5) is 4.79 Å². The van der Waals surface area contributed by atoms with Gasteiger partial charge >= 0.3 is 6.09 Å². The van der Waals surface area contributed by atoms with Crippen LogP contribution in [0.1, 0.15) is 36.9 Å². The number of rotatable bonds is 3. The van der Waals surface area contributed by atoms with Gasteiger partial charge in [0.15, 0.2) is 0 Å². The van der Waals surface area contributed by atoms with Gasteiger partial charge in [-0.05, 0) is 32.9 Å². The average molecular weight is 361 g/mol. The molecule has 0 aromatic carbocycles. The van der Waals surface area contributed by atoms with E-state index < -0.39 is 17.9 Å². The molecule has 128 valence electrons. The van der Waals surface area contributed by atoms with E-state index in [1.165, 1.54) is 16.2 Å². The third-order valence-corrected chi connectivity index (χ3v) is 4.55. The van der Waals surface area contributed by atoms with E-state index in [0.717, 1.165) is 0 Å². The highest BCUT2D eigenvalue weighted by Crippen LogP contribution is 2.24. The van der Waals surface area contributed by atoms with E-state index in [1.54, 1.807) is 40.0 Å². The molecule has 1 N–H and O–H groups in total. The minimum Gasteiger partial charge on any atom is -0.444 e. The van der Waals surface area contributed by atoms with Gasteiger partial charge in [-0.3, -0.25) is 9.69 Å². The zero-order chi connectivity index (χ0) is 17.2. The third-order valence-electron chi connectivity index (χ3n) is 3.32. The Hall–Kier alpha value is -1.31. The Kier molecular flexibility index (Phi) is 5.54. The lowest BCUT2D eigenvalue weighted by Crippen LogP contribution is -2.48. The number of ether oxygens (including phenoxy) is 2. The summed E-state index contributed by atoms with van der Waals surface area (Å²) in [5.41, 5.74) is -0.599. The normalized spacial score (nSPS) is 21.3. The highest BCUT2D eigenvalue weighted by molar-refractivity contribution is 7.17. The van der Waals surface area contributed by atoms with E-state index in [9.17, 15) is 9.59 Å². The second kappa shape index (κ2) is 7.07. The monoisotopic (exact) mass is 360 g/mol. The van der Waals surface area contributed by atoms with Gasteiger partial charge in [0.2, 0.25) is 0 Å². The number of nitrogens with zero attached hydrogens (tertiary/aromatic N) is 1. The fourth-order valence-electron chi connectivity index (χ4n) is 2.29. The first-order valence-electron chi connectivity index (χ1n) is 7.28. The molecule has 1 fully saturated rings. The molecule has 1 aromatic rings. The molecular formula is C15H21ClN2O4S. The maximum atomic E-state index is 12.3. The molecule has 1 aliphatic heterocycles. The maximum Gasteiger partial charge on any atom is 0.412 e. The molecule has 2 amide bonds. The van der Waals surface area contributed by atoms with Crippen molar-refractivity contribution in [1.29, 1.82) is 0 Å². The minimum atomic E-state index is -0.599. The topological polar surface area (TPSA) is 67.9 Å². The molecule has 2 rings (SSSR count). The first-order chi connectivity index (χ1) is 10.7. The summed E-state index contributed by atoms with van der Waals surface area (Å²) in [6.45, 7) is 5.78. The molecule has 2 heterocycles. The summed E-state index contributed by atoms with van der Waals surface area (Å²) >= 11 is 7.05. The number of amides is 2. The Morgan fingerprint density at radius 1 is 1.39 bits per heavy atom. The van der Waals surface area contributed by atoms with Crippen molar-refractivity contribution in [2.45, 2.75) is 45.1 Å². The van der Waals surface area contributed by atoms with Crippen molar-refractivity contribution in [3.8, 4) is 0 Å². The predicted octanol–water partition coefficient (Wildman–Crippen LogP) is 3.11. The Morgan fingerprint density at radius 2 is 2.09 bits per heavy atom. The number of nitrogens with one attached hydrogen (secondary N) is 1. The first-order valence-corrected chi connectivity index (χ1v) is 8.47. The lowest BCUT2D eigenvalue weighted by molar-refractivity contribution is 0.0177. The molecule has 6 nitrogen and oxygen atoms in total. The van der Waals surface area contributed by atoms with Crippen molar-refractivity contribution in [2.24, 2.45) is 0 Å². The fraction of sp³-hybridized carbons (Fsp3) is 0.600. The van der Waals surface area contributed by atoms with Crippen molar-refractivity contribution >= 4 is 34.9 Å². The third kappa shape index (κ3) is 4.83. The molecule has 1 aliphatic rings. The van der Waals surface area contributed by atoms with Gasteiger partial charge in [-0.1, -0.05) is 11.6 Å². The number of carbonyl (C=O) groups excluding carboxylic acids is 2. The quantitative estimate of drug-likeness (QED) is 0.899. The maximum absolute atomic E-state index is 12.3. The molecule has 1 aromatic heterocycles. The van der Waals surface area contributed by atoms with Gasteiger partial charge in [0, 0.05) is 13.5 Å². The Balaban J connectivity index is 2.07. The Bertz CT molecular complexity index is 584. The molecule has 0 radical (unpaired) electrons. The number of likely N-dealkylation sites (tertiary alicyclic amines) is 1. The number of hydrogen-bond donors (Lipinski definition) is 1. The number of carbonyl (C=O) groups is 2. The number of methoxy groups -OCH3 is 1. The molecule has 8 heteroatoms. The summed E-state index contributed by atoms with van der Waals surface area (Å²) < 4.78 is 11.3. The SMILES string of the molecule is COC1CC(NC(=O)c2ccc(Cl)s2)N(C(=O)OC(C)(C)C)C1. The second-order valence-corrected chi connectivity index (χ2v) is 8.03. The van der Waals surface area contributed by atoms with Crippen LogP contribution in [0.15, 0.2) is 12.1 Å². The van der Waals surface area contributed by atoms with Crippen LogP contribution in [0.3, 0.4) is 0 Å². The van der Waals surface area contributed by atoms with Crippen LogP contribution in [-0.4, -0.2) is 48.4 Å². The average Bonchev–Trinajstić information content (AvgIpc) is 3.03. The summed E-state index contributed by atoms with van der Waals surface area (Å²) in [6.07, 6.45) is -0.560. The van der Waals surface area contributed by atoms with E-state index >= 15 is 0 Å². The Labute approximate surface area is 144 Å². The fourth-order valence-corrected chi connectivity index (χ4v) is 3.23. The largest absolute Gasteiger partial charge is 0.444 e. The number of hydrogen-bond acceptors (Lipinski definition) is 5. The van der Waals surface area contributed by atoms with Crippen molar-refractivity contribution in [2.75, 3.05) is 13.7 Å². The highest BCUT2D eigenvalue weighted by Gasteiger charge is 2.38. The van der Waals surface area contributed by atoms with Gasteiger partial charge in [-0.25, -0.2) is 4.79 Å². The van der Waals surface area contributed by atoms with Crippen molar-refractivity contribution < 1.29 is 19.1 Å². The Morgan fingerprint density at radius 3 is 2.61 bits per heavy atom. The van der Waals surface area contributed by atoms with E-state index in [0.29, 0.717) is 22.2 Å². The molecule has 0 spiro atoms. The van der Waals surface area contributed by atoms with E-state index in [-0.39, 0.29) is 12.0 Å². The van der Waals surface area contributed by atoms with Crippen molar-refractivity contribution in [3.63, 3.8) is 0 Å². The van der Waals surface area contributed by atoms with Crippen molar-refractivity contribution in [3.05, 3.63) is 21.3 Å². The van der Waals surface area contributed by atoms with Gasteiger partial charge in [-0.15, -0.1) is 11.3 Å². The first kappa shape index (κ1) is 18.0. The van der Waals surface area contributed by atoms with Crippen LogP contribution >= 0.6 is 22.9 Å². The van der Waals surface area contributed by atoms with Crippen molar-refractivity contribution in [1.82, 2.24) is 10.2 Å². The zero-order valence-corrected chi connectivity index (χ0v) is 15.2. The van der Waals surface area contributed by atoms with Crippen LogP contribution in [-0.2, 0) is 9.47 Å². The van der Waals surface area contributed by atoms with Gasteiger partial charge in [0.05, 0.1) is 21.9 Å². The van der Waals surface area contributed by atoms with Gasteiger partial charge < -0.3 is 14.8 Å². The number of halogens is 1. The van der Waals surface area contributed by atoms with Gasteiger partial charge in [0.1, 0.15) is 11.8 Å². The summed E-state index contributed by atoms with van der Waals surface area (Å²) in [5, 5.41) is 2.85. The summed E-state index contributed by atoms with van der Waals surface area (Å²) in [4.78, 5) is 26.6. The smallest absolute Gasteiger partial charge is 0.412 e. The van der Waals surface area contributed by atoms with E-state index in [2.05, 4.69) is 5.32 Å². The molecular weight excluding hydrogens is 340 g/mol. The molecule has 23 heavy (non-hydrogen) atoms. The highest BCUT2D eigenvalue weighted by atomic mass is 35.5. The van der Waals surface area contributed by atoms with Crippen LogP contribution in [0.25, 0.3) is 0 Å². The standard InChI is InChI=1S/C15H21ClN2O4S/c1-15(2,3)22-14(20)18-8-9(21-4)7-12(18)17-13(19)10-5-6-11(16)23-10/h5-6,9,12H,7-8H2,1-4H3,(H,17,19). The minimum absolute atomic E-state index is 0.139. The lowest BCUT2D eigenvalue weighted by Gasteiger charge is -2.28. The molecule has 0 saturated carbocycles. The molecule has 1 saturated heterocycles. The molecule has 0 aliphatic carbocycles. The van der Waals surface area contributed by atoms with Crippen LogP contribution in [0.5, 0.6) is 0 Å². The van der Waals surface area contributed by atoms with E-state index in [4.69, 9.17) is 21.1 Å². The summed E-state index contributed by atoms with van der Waals surface area (Å²) in [6, 6.07) is 3.32. The number of thiophene rings is 1. The molecule has 0 bridgehead atoms. The van der Waals surface area contributed by atoms with Gasteiger partial charge in [-0.2, -0.15) is 0 Å². The van der Waals surface area contributed by atoms with Crippen LogP contribution in [0, 0.1) is 0 Å². The van der Waals surface area contributed by atoms with E-state index in [1.807, 2.05) is 0 Å². The lowest BCUT2D eigenvalue weighted by atomic mass is 10.2. The van der Waals surface area contributed by atoms with Gasteiger partial charge in [0.25, 0.3) is 5.91 Å². The summed E-state index contributed by atoms with van der Waals surface area (Å²) in [5.74, 6) is -0.266. The molecule has 2 unspecified atom stereocenters. The predicted molar refractivity (Wildman–Crippen MR) is 88.9 cm³/mol. The zero-order valence-electron chi connectivity index (χ0n) is 13.6. The van der Waals surface area contributed by atoms with Crippen LogP contribution < -0.4 is 5.32 Å². The second-order valence-electron chi connectivity index (χ2n) is 6.32. The molecule has 2 atom stereocenters. The van der Waals surface area contributed by atoms with Crippen LogP contribution in [0.2, 0.25) is 4.34 Å².